The van der Waals surface area contributed by atoms with Crippen LogP contribution >= 0.6 is 11.6 Å². The molecule has 2 aromatic carbocycles. The Bertz CT molecular complexity index is 1450. The van der Waals surface area contributed by atoms with Gasteiger partial charge in [0.1, 0.15) is 23.3 Å². The number of nitrogens with one attached hydrogen (secondary N) is 1. The Hall–Kier alpha value is -3.92. The van der Waals surface area contributed by atoms with Crippen LogP contribution in [0.3, 0.4) is 0 Å². The molecule has 3 aromatic heterocycles. The summed E-state index contributed by atoms with van der Waals surface area (Å²) >= 11 is 6.57. The van der Waals surface area contributed by atoms with Gasteiger partial charge in [0.05, 0.1) is 36.7 Å². The van der Waals surface area contributed by atoms with E-state index in [9.17, 15) is 0 Å². The average molecular weight is 533 g/mol. The number of halogens is 1. The number of aromatic nitrogens is 5. The molecule has 0 fully saturated rings. The van der Waals surface area contributed by atoms with Gasteiger partial charge in [0.25, 0.3) is 0 Å². The lowest BCUT2D eigenvalue weighted by atomic mass is 10.1. The van der Waals surface area contributed by atoms with Crippen LogP contribution in [0.4, 0.5) is 11.5 Å². The number of fused-ring (bicyclic) bond motifs is 1. The molecule has 0 saturated heterocycles. The Morgan fingerprint density at radius 1 is 0.974 bits per heavy atom. The van der Waals surface area contributed by atoms with Crippen molar-refractivity contribution < 1.29 is 14.6 Å². The Morgan fingerprint density at radius 3 is 2.66 bits per heavy atom. The molecule has 0 unspecified atom stereocenters. The third-order valence-electron chi connectivity index (χ3n) is 6.05. The van der Waals surface area contributed by atoms with Gasteiger partial charge >= 0.3 is 0 Å². The van der Waals surface area contributed by atoms with Gasteiger partial charge in [-0.05, 0) is 54.8 Å². The van der Waals surface area contributed by atoms with Crippen molar-refractivity contribution in [1.29, 1.82) is 0 Å². The van der Waals surface area contributed by atoms with Crippen LogP contribution in [0.5, 0.6) is 11.5 Å². The zero-order valence-electron chi connectivity index (χ0n) is 20.8. The lowest BCUT2D eigenvalue weighted by Crippen LogP contribution is -2.09. The van der Waals surface area contributed by atoms with E-state index in [1.54, 1.807) is 6.20 Å². The topological polar surface area (TPSA) is 99.3 Å². The lowest BCUT2D eigenvalue weighted by Gasteiger charge is -2.13. The number of rotatable bonds is 13. The fraction of sp³-hybridized carbons (Fsp3) is 0.250. The summed E-state index contributed by atoms with van der Waals surface area (Å²) in [5, 5.41) is 12.7. The van der Waals surface area contributed by atoms with E-state index < -0.39 is 0 Å². The van der Waals surface area contributed by atoms with Gasteiger partial charge in [0.15, 0.2) is 5.82 Å². The maximum absolute atomic E-state index is 8.91. The molecule has 5 aromatic rings. The molecule has 196 valence electrons. The molecule has 38 heavy (non-hydrogen) atoms. The van der Waals surface area contributed by atoms with Crippen molar-refractivity contribution in [3.8, 4) is 11.5 Å². The lowest BCUT2D eigenvalue weighted by molar-refractivity contribution is 0.0875. The molecule has 0 bridgehead atoms. The highest BCUT2D eigenvalue weighted by Gasteiger charge is 2.11. The van der Waals surface area contributed by atoms with Crippen molar-refractivity contribution in [2.75, 3.05) is 25.1 Å². The molecule has 0 aliphatic carbocycles. The third kappa shape index (κ3) is 6.49. The highest BCUT2D eigenvalue weighted by Crippen LogP contribution is 2.33. The molecule has 0 atom stereocenters. The van der Waals surface area contributed by atoms with Crippen LogP contribution in [0.1, 0.15) is 12.0 Å². The molecule has 10 heteroatoms. The van der Waals surface area contributed by atoms with Crippen LogP contribution in [0, 0.1) is 0 Å². The van der Waals surface area contributed by atoms with Crippen LogP contribution in [0.25, 0.3) is 11.0 Å². The zero-order chi connectivity index (χ0) is 26.2. The van der Waals surface area contributed by atoms with E-state index in [0.29, 0.717) is 36.3 Å². The second kappa shape index (κ2) is 12.6. The van der Waals surface area contributed by atoms with Crippen LogP contribution in [0.2, 0.25) is 5.02 Å². The van der Waals surface area contributed by atoms with E-state index >= 15 is 0 Å². The highest BCUT2D eigenvalue weighted by atomic mass is 35.5. The zero-order valence-corrected chi connectivity index (χ0v) is 21.6. The largest absolute Gasteiger partial charge is 0.456 e. The van der Waals surface area contributed by atoms with Crippen molar-refractivity contribution >= 4 is 34.1 Å². The summed E-state index contributed by atoms with van der Waals surface area (Å²) in [4.78, 5) is 12.9. The van der Waals surface area contributed by atoms with Gasteiger partial charge in [0.2, 0.25) is 0 Å². The van der Waals surface area contributed by atoms with Gasteiger partial charge in [0, 0.05) is 37.4 Å². The molecule has 9 nitrogen and oxygen atoms in total. The van der Waals surface area contributed by atoms with E-state index in [0.717, 1.165) is 41.9 Å². The number of hydrogen-bond donors (Lipinski definition) is 2. The Morgan fingerprint density at radius 2 is 1.87 bits per heavy atom. The summed E-state index contributed by atoms with van der Waals surface area (Å²) in [5.41, 5.74) is 3.71. The molecule has 0 aliphatic rings. The van der Waals surface area contributed by atoms with Gasteiger partial charge in [-0.15, -0.1) is 0 Å². The summed E-state index contributed by atoms with van der Waals surface area (Å²) < 4.78 is 15.6. The molecular formula is C28H29ClN6O3. The van der Waals surface area contributed by atoms with E-state index in [2.05, 4.69) is 37.0 Å². The van der Waals surface area contributed by atoms with Gasteiger partial charge in [-0.1, -0.05) is 23.7 Å². The second-order valence-electron chi connectivity index (χ2n) is 8.72. The average Bonchev–Trinajstić information content (AvgIpc) is 3.60. The Balaban J connectivity index is 1.21. The normalized spacial score (nSPS) is 11.2. The first-order valence-electron chi connectivity index (χ1n) is 12.5. The Labute approximate surface area is 225 Å². The van der Waals surface area contributed by atoms with Gasteiger partial charge in [-0.3, -0.25) is 0 Å². The summed E-state index contributed by atoms with van der Waals surface area (Å²) in [6.07, 6.45) is 11.1. The minimum Gasteiger partial charge on any atom is -0.456 e. The fourth-order valence-electron chi connectivity index (χ4n) is 4.17. The number of nitrogens with zero attached hydrogens (tertiary/aromatic N) is 5. The van der Waals surface area contributed by atoms with Crippen molar-refractivity contribution in [1.82, 2.24) is 24.1 Å². The first-order valence-corrected chi connectivity index (χ1v) is 12.8. The number of hydrogen-bond acceptors (Lipinski definition) is 7. The van der Waals surface area contributed by atoms with Crippen molar-refractivity contribution in [3.05, 3.63) is 90.4 Å². The molecule has 2 N–H and O–H groups in total. The molecule has 5 rings (SSSR count). The number of aryl methyl sites for hydroxylation is 2. The van der Waals surface area contributed by atoms with Crippen LogP contribution < -0.4 is 10.1 Å². The van der Waals surface area contributed by atoms with Gasteiger partial charge in [-0.2, -0.15) is 0 Å². The molecule has 0 amide bonds. The van der Waals surface area contributed by atoms with E-state index in [1.165, 1.54) is 11.9 Å². The number of aliphatic hydroxyl groups excluding tert-OH is 1. The maximum atomic E-state index is 8.91. The molecule has 0 radical (unpaired) electrons. The van der Waals surface area contributed by atoms with Crippen molar-refractivity contribution in [3.63, 3.8) is 0 Å². The second-order valence-corrected chi connectivity index (χ2v) is 9.13. The van der Waals surface area contributed by atoms with Gasteiger partial charge in [-0.25, -0.2) is 15.0 Å². The summed E-state index contributed by atoms with van der Waals surface area (Å²) in [6.45, 7) is 2.34. The van der Waals surface area contributed by atoms with Crippen LogP contribution in [-0.2, 0) is 24.2 Å². The van der Waals surface area contributed by atoms with Crippen LogP contribution in [0.15, 0.2) is 79.8 Å². The standard InChI is InChI=1S/C28H29ClN6O3/c29-24-18-22(33-28-27-25(31-19-32-28)9-12-35(27)14-16-37-17-15-36)5-8-26(24)38-23-6-3-21(4-7-23)2-1-11-34-13-10-30-20-34/h3-10,12-13,18-20,36H,1-2,11,14-17H2,(H,31,32,33). The van der Waals surface area contributed by atoms with E-state index in [-0.39, 0.29) is 6.61 Å². The van der Waals surface area contributed by atoms with Gasteiger partial charge < -0.3 is 29.0 Å². The molecule has 0 spiro atoms. The highest BCUT2D eigenvalue weighted by molar-refractivity contribution is 6.32. The minimum absolute atomic E-state index is 0.00166. The molecular weight excluding hydrogens is 504 g/mol. The fourth-order valence-corrected chi connectivity index (χ4v) is 4.39. The Kier molecular flexibility index (Phi) is 8.49. The summed E-state index contributed by atoms with van der Waals surface area (Å²) in [7, 11) is 0. The smallest absolute Gasteiger partial charge is 0.158 e. The van der Waals surface area contributed by atoms with Crippen molar-refractivity contribution in [2.24, 2.45) is 0 Å². The predicted molar refractivity (Wildman–Crippen MR) is 147 cm³/mol. The maximum Gasteiger partial charge on any atom is 0.158 e. The van der Waals surface area contributed by atoms with E-state index in [1.807, 2.05) is 59.7 Å². The first-order chi connectivity index (χ1) is 18.7. The minimum atomic E-state index is 0.00166. The monoisotopic (exact) mass is 532 g/mol. The number of anilines is 2. The van der Waals surface area contributed by atoms with E-state index in [4.69, 9.17) is 26.2 Å². The number of aliphatic hydroxyl groups is 1. The SMILES string of the molecule is OCCOCCn1ccc2ncnc(Nc3ccc(Oc4ccc(CCCn5ccnc5)cc4)c(Cl)c3)c21. The summed E-state index contributed by atoms with van der Waals surface area (Å²) in [6, 6.07) is 15.6. The van der Waals surface area contributed by atoms with Crippen LogP contribution in [-0.4, -0.2) is 49.0 Å². The quantitative estimate of drug-likeness (QED) is 0.194. The summed E-state index contributed by atoms with van der Waals surface area (Å²) in [5.74, 6) is 1.96. The van der Waals surface area contributed by atoms with Crippen molar-refractivity contribution in [2.45, 2.75) is 25.9 Å². The number of ether oxygens (including phenoxy) is 2. The first kappa shape index (κ1) is 25.7. The molecule has 3 heterocycles. The number of imidazole rings is 1. The number of benzene rings is 2. The molecule has 0 aliphatic heterocycles. The third-order valence-corrected chi connectivity index (χ3v) is 6.34. The molecule has 0 saturated carbocycles. The predicted octanol–water partition coefficient (Wildman–Crippen LogP) is 5.46.